The third-order valence-electron chi connectivity index (χ3n) is 3.26. The lowest BCUT2D eigenvalue weighted by atomic mass is 9.92. The van der Waals surface area contributed by atoms with E-state index in [1.807, 2.05) is 6.07 Å². The van der Waals surface area contributed by atoms with Crippen LogP contribution >= 0.6 is 12.4 Å². The molecule has 0 atom stereocenters. The molecule has 0 aromatic heterocycles. The zero-order valence-electron chi connectivity index (χ0n) is 9.86. The van der Waals surface area contributed by atoms with Crippen molar-refractivity contribution >= 4 is 12.4 Å². The Morgan fingerprint density at radius 2 is 1.94 bits per heavy atom. The molecule has 0 aliphatic heterocycles. The Morgan fingerprint density at radius 1 is 1.24 bits per heavy atom. The molecule has 1 aliphatic carbocycles. The molecule has 96 valence electrons. The molecule has 1 saturated carbocycles. The van der Waals surface area contributed by atoms with Crippen LogP contribution in [0.5, 0.6) is 0 Å². The highest BCUT2D eigenvalue weighted by Gasteiger charge is 2.17. The van der Waals surface area contributed by atoms with E-state index in [0.29, 0.717) is 12.1 Å². The van der Waals surface area contributed by atoms with E-state index < -0.39 is 0 Å². The topological polar surface area (TPSA) is 38.0 Å². The summed E-state index contributed by atoms with van der Waals surface area (Å²) in [5.41, 5.74) is 6.86. The smallest absolute Gasteiger partial charge is 0.123 e. The molecule has 2 nitrogen and oxygen atoms in total. The van der Waals surface area contributed by atoms with Crippen molar-refractivity contribution < 1.29 is 4.39 Å². The highest BCUT2D eigenvalue weighted by atomic mass is 35.5. The van der Waals surface area contributed by atoms with E-state index in [-0.39, 0.29) is 18.2 Å². The van der Waals surface area contributed by atoms with Gasteiger partial charge in [0.15, 0.2) is 0 Å². The molecular formula is C13H20ClFN2. The van der Waals surface area contributed by atoms with Crippen LogP contribution < -0.4 is 11.1 Å². The van der Waals surface area contributed by atoms with Crippen LogP contribution in [-0.4, -0.2) is 12.1 Å². The Labute approximate surface area is 108 Å². The lowest BCUT2D eigenvalue weighted by molar-refractivity contribution is 0.341. The van der Waals surface area contributed by atoms with Crippen LogP contribution in [0.15, 0.2) is 24.3 Å². The van der Waals surface area contributed by atoms with Gasteiger partial charge in [-0.2, -0.15) is 0 Å². The minimum atomic E-state index is -0.162. The van der Waals surface area contributed by atoms with Crippen molar-refractivity contribution in [1.29, 1.82) is 0 Å². The van der Waals surface area contributed by atoms with Gasteiger partial charge in [-0.05, 0) is 43.4 Å². The van der Waals surface area contributed by atoms with E-state index in [0.717, 1.165) is 37.8 Å². The number of hydrogen-bond donors (Lipinski definition) is 2. The highest BCUT2D eigenvalue weighted by molar-refractivity contribution is 5.85. The normalized spacial score (nSPS) is 24.1. The lowest BCUT2D eigenvalue weighted by Gasteiger charge is -2.26. The van der Waals surface area contributed by atoms with Gasteiger partial charge in [-0.25, -0.2) is 4.39 Å². The molecule has 0 spiro atoms. The predicted molar refractivity (Wildman–Crippen MR) is 70.7 cm³/mol. The number of nitrogens with two attached hydrogens (primary N) is 1. The second kappa shape index (κ2) is 6.94. The fraction of sp³-hybridized carbons (Fsp3) is 0.538. The van der Waals surface area contributed by atoms with Crippen LogP contribution in [0.3, 0.4) is 0 Å². The predicted octanol–water partition coefficient (Wildman–Crippen LogP) is 2.61. The first-order valence-corrected chi connectivity index (χ1v) is 5.97. The Hall–Kier alpha value is -0.640. The van der Waals surface area contributed by atoms with Crippen LogP contribution in [0.2, 0.25) is 0 Å². The number of halogens is 2. The van der Waals surface area contributed by atoms with Gasteiger partial charge in [0, 0.05) is 18.6 Å². The van der Waals surface area contributed by atoms with Gasteiger partial charge in [0.2, 0.25) is 0 Å². The van der Waals surface area contributed by atoms with Gasteiger partial charge >= 0.3 is 0 Å². The first-order valence-electron chi connectivity index (χ1n) is 5.97. The summed E-state index contributed by atoms with van der Waals surface area (Å²) in [6.45, 7) is 0.748. The molecule has 0 radical (unpaired) electrons. The second-order valence-corrected chi connectivity index (χ2v) is 4.62. The average molecular weight is 259 g/mol. The molecule has 1 aromatic carbocycles. The first kappa shape index (κ1) is 14.4. The number of rotatable bonds is 3. The average Bonchev–Trinajstić information content (AvgIpc) is 2.28. The molecular weight excluding hydrogens is 239 g/mol. The van der Waals surface area contributed by atoms with Crippen LogP contribution in [0.4, 0.5) is 4.39 Å². The molecule has 2 rings (SSSR count). The second-order valence-electron chi connectivity index (χ2n) is 4.62. The van der Waals surface area contributed by atoms with E-state index in [2.05, 4.69) is 5.32 Å². The van der Waals surface area contributed by atoms with Gasteiger partial charge < -0.3 is 11.1 Å². The summed E-state index contributed by atoms with van der Waals surface area (Å²) in [5.74, 6) is -0.162. The minimum absolute atomic E-state index is 0. The first-order chi connectivity index (χ1) is 7.74. The van der Waals surface area contributed by atoms with Gasteiger partial charge in [0.25, 0.3) is 0 Å². The molecule has 17 heavy (non-hydrogen) atoms. The molecule has 0 bridgehead atoms. The van der Waals surface area contributed by atoms with Crippen LogP contribution in [0.25, 0.3) is 0 Å². The van der Waals surface area contributed by atoms with Crippen molar-refractivity contribution in [3.05, 3.63) is 35.6 Å². The monoisotopic (exact) mass is 258 g/mol. The summed E-state index contributed by atoms with van der Waals surface area (Å²) >= 11 is 0. The van der Waals surface area contributed by atoms with Gasteiger partial charge in [-0.1, -0.05) is 12.1 Å². The number of benzene rings is 1. The third-order valence-corrected chi connectivity index (χ3v) is 3.26. The Morgan fingerprint density at radius 3 is 2.59 bits per heavy atom. The summed E-state index contributed by atoms with van der Waals surface area (Å²) in [5, 5.41) is 3.46. The van der Waals surface area contributed by atoms with Crippen molar-refractivity contribution in [2.75, 3.05) is 0 Å². The van der Waals surface area contributed by atoms with E-state index in [4.69, 9.17) is 5.73 Å². The summed E-state index contributed by atoms with van der Waals surface area (Å²) in [4.78, 5) is 0. The minimum Gasteiger partial charge on any atom is -0.328 e. The largest absolute Gasteiger partial charge is 0.328 e. The van der Waals surface area contributed by atoms with Crippen molar-refractivity contribution in [2.24, 2.45) is 5.73 Å². The fourth-order valence-corrected chi connectivity index (χ4v) is 2.23. The summed E-state index contributed by atoms with van der Waals surface area (Å²) in [6, 6.07) is 7.69. The van der Waals surface area contributed by atoms with Gasteiger partial charge in [0.1, 0.15) is 5.82 Å². The Kier molecular flexibility index (Phi) is 5.89. The Bertz CT molecular complexity index is 338. The summed E-state index contributed by atoms with van der Waals surface area (Å²) < 4.78 is 12.9. The van der Waals surface area contributed by atoms with Gasteiger partial charge in [-0.3, -0.25) is 0 Å². The van der Waals surface area contributed by atoms with E-state index in [1.54, 1.807) is 12.1 Å². The van der Waals surface area contributed by atoms with Crippen molar-refractivity contribution in [1.82, 2.24) is 5.32 Å². The van der Waals surface area contributed by atoms with Crippen LogP contribution in [0.1, 0.15) is 31.2 Å². The fourth-order valence-electron chi connectivity index (χ4n) is 2.23. The summed E-state index contributed by atoms with van der Waals surface area (Å²) in [7, 11) is 0. The van der Waals surface area contributed by atoms with Crippen molar-refractivity contribution in [2.45, 2.75) is 44.3 Å². The quantitative estimate of drug-likeness (QED) is 0.875. The summed E-state index contributed by atoms with van der Waals surface area (Å²) in [6.07, 6.45) is 4.47. The molecule has 0 heterocycles. The maximum absolute atomic E-state index is 12.9. The molecule has 1 fully saturated rings. The van der Waals surface area contributed by atoms with Gasteiger partial charge in [0.05, 0.1) is 0 Å². The zero-order valence-corrected chi connectivity index (χ0v) is 10.7. The SMILES string of the molecule is Cl.NC1CCC(NCc2cccc(F)c2)CC1. The molecule has 1 aliphatic rings. The zero-order chi connectivity index (χ0) is 11.4. The highest BCUT2D eigenvalue weighted by Crippen LogP contribution is 2.17. The maximum atomic E-state index is 12.9. The molecule has 0 saturated heterocycles. The standard InChI is InChI=1S/C13H19FN2.ClH/c14-11-3-1-2-10(8-11)9-16-13-6-4-12(15)5-7-13;/h1-3,8,12-13,16H,4-7,9,15H2;1H. The van der Waals surface area contributed by atoms with E-state index in [1.165, 1.54) is 6.07 Å². The lowest BCUT2D eigenvalue weighted by Crippen LogP contribution is -2.37. The van der Waals surface area contributed by atoms with Crippen molar-refractivity contribution in [3.8, 4) is 0 Å². The molecule has 4 heteroatoms. The van der Waals surface area contributed by atoms with Crippen LogP contribution in [0, 0.1) is 5.82 Å². The third kappa shape index (κ3) is 4.62. The Balaban J connectivity index is 0.00000144. The molecule has 1 aromatic rings. The molecule has 3 N–H and O–H groups in total. The number of nitrogens with one attached hydrogen (secondary N) is 1. The van der Waals surface area contributed by atoms with Crippen LogP contribution in [-0.2, 0) is 6.54 Å². The molecule has 0 unspecified atom stereocenters. The van der Waals surface area contributed by atoms with E-state index >= 15 is 0 Å². The van der Waals surface area contributed by atoms with E-state index in [9.17, 15) is 4.39 Å². The number of hydrogen-bond acceptors (Lipinski definition) is 2. The maximum Gasteiger partial charge on any atom is 0.123 e. The molecule has 0 amide bonds. The van der Waals surface area contributed by atoms with Gasteiger partial charge in [-0.15, -0.1) is 12.4 Å². The van der Waals surface area contributed by atoms with Crippen molar-refractivity contribution in [3.63, 3.8) is 0 Å².